The number of nitrogens with two attached hydrogens (primary N) is 1. The molecule has 0 radical (unpaired) electrons. The second-order valence-corrected chi connectivity index (χ2v) is 6.48. The first-order valence-electron chi connectivity index (χ1n) is 9.69. The summed E-state index contributed by atoms with van der Waals surface area (Å²) in [6.45, 7) is 5.12. The lowest BCUT2D eigenvalue weighted by atomic mass is 10.1. The van der Waals surface area contributed by atoms with Crippen molar-refractivity contribution in [3.8, 4) is 11.4 Å². The van der Waals surface area contributed by atoms with E-state index >= 15 is 0 Å². The molecule has 0 aliphatic rings. The number of nitrogens with one attached hydrogen (secondary N) is 1. The molecule has 2 aromatic heterocycles. The summed E-state index contributed by atoms with van der Waals surface area (Å²) < 4.78 is 10.6. The molecule has 152 valence electrons. The molecule has 7 nitrogen and oxygen atoms in total. The van der Waals surface area contributed by atoms with Gasteiger partial charge in [-0.15, -0.1) is 0 Å². The quantitative estimate of drug-likeness (QED) is 0.510. The molecule has 0 unspecified atom stereocenters. The van der Waals surface area contributed by atoms with E-state index in [9.17, 15) is 4.79 Å². The smallest absolute Gasteiger partial charge is 0.220 e. The van der Waals surface area contributed by atoms with Crippen molar-refractivity contribution in [2.24, 2.45) is 5.73 Å². The van der Waals surface area contributed by atoms with E-state index in [0.29, 0.717) is 45.9 Å². The Labute approximate surface area is 166 Å². The van der Waals surface area contributed by atoms with E-state index in [-0.39, 0.29) is 5.91 Å². The summed E-state index contributed by atoms with van der Waals surface area (Å²) in [5, 5.41) is 2.87. The Bertz CT molecular complexity index is 724. The van der Waals surface area contributed by atoms with Crippen LogP contribution < -0.4 is 11.1 Å². The van der Waals surface area contributed by atoms with Crippen LogP contribution in [0.25, 0.3) is 11.4 Å². The summed E-state index contributed by atoms with van der Waals surface area (Å²) in [6, 6.07) is 8.01. The molecule has 0 spiro atoms. The maximum Gasteiger partial charge on any atom is 0.220 e. The Morgan fingerprint density at radius 1 is 1.04 bits per heavy atom. The number of pyridine rings is 2. The molecular weight excluding hydrogens is 356 g/mol. The fourth-order valence-corrected chi connectivity index (χ4v) is 2.66. The number of aromatic nitrogens is 2. The lowest BCUT2D eigenvalue weighted by molar-refractivity contribution is -0.121. The second-order valence-electron chi connectivity index (χ2n) is 6.48. The van der Waals surface area contributed by atoms with E-state index in [0.717, 1.165) is 35.4 Å². The van der Waals surface area contributed by atoms with E-state index in [1.54, 1.807) is 12.4 Å². The summed E-state index contributed by atoms with van der Waals surface area (Å²) in [6.07, 6.45) is 5.68. The topological polar surface area (TPSA) is 99.4 Å². The third-order valence-electron chi connectivity index (χ3n) is 4.07. The Kier molecular flexibility index (Phi) is 10.1. The molecule has 3 N–H and O–H groups in total. The Morgan fingerprint density at radius 3 is 2.50 bits per heavy atom. The van der Waals surface area contributed by atoms with Crippen molar-refractivity contribution >= 4 is 5.91 Å². The van der Waals surface area contributed by atoms with Crippen LogP contribution in [0.1, 0.15) is 24.0 Å². The normalized spacial score (nSPS) is 10.8. The van der Waals surface area contributed by atoms with E-state index < -0.39 is 0 Å². The first-order valence-corrected chi connectivity index (χ1v) is 9.69. The number of amides is 1. The lowest BCUT2D eigenvalue weighted by Gasteiger charge is -2.07. The zero-order valence-corrected chi connectivity index (χ0v) is 16.5. The van der Waals surface area contributed by atoms with Crippen molar-refractivity contribution in [1.82, 2.24) is 15.3 Å². The van der Waals surface area contributed by atoms with Crippen molar-refractivity contribution < 1.29 is 14.3 Å². The van der Waals surface area contributed by atoms with Crippen LogP contribution in [-0.4, -0.2) is 55.4 Å². The fraction of sp³-hybridized carbons (Fsp3) is 0.476. The van der Waals surface area contributed by atoms with Crippen molar-refractivity contribution in [2.45, 2.75) is 26.2 Å². The minimum atomic E-state index is 0.0395. The molecule has 2 rings (SSSR count). The van der Waals surface area contributed by atoms with Gasteiger partial charge in [0.25, 0.3) is 0 Å². The number of carbonyl (C=O) groups excluding carboxylic acids is 1. The molecule has 0 aliphatic carbocycles. The Balaban J connectivity index is 1.62. The van der Waals surface area contributed by atoms with Crippen LogP contribution in [0.3, 0.4) is 0 Å². The molecule has 0 saturated carbocycles. The fourth-order valence-electron chi connectivity index (χ4n) is 2.66. The average molecular weight is 386 g/mol. The maximum absolute atomic E-state index is 11.9. The summed E-state index contributed by atoms with van der Waals surface area (Å²) in [4.78, 5) is 20.7. The van der Waals surface area contributed by atoms with Crippen LogP contribution in [0.2, 0.25) is 0 Å². The SMILES string of the molecule is Cc1ccnc(-c2cc(CCCC(=O)NCCOCCOCCN)ccn2)c1. The number of aryl methyl sites for hydroxylation is 2. The first-order chi connectivity index (χ1) is 13.7. The van der Waals surface area contributed by atoms with Gasteiger partial charge in [0.05, 0.1) is 37.8 Å². The number of hydrogen-bond acceptors (Lipinski definition) is 6. The van der Waals surface area contributed by atoms with Crippen LogP contribution in [0.4, 0.5) is 0 Å². The summed E-state index contributed by atoms with van der Waals surface area (Å²) in [5.74, 6) is 0.0395. The predicted octanol–water partition coefficient (Wildman–Crippen LogP) is 1.88. The number of ether oxygens (including phenoxy) is 2. The van der Waals surface area contributed by atoms with Gasteiger partial charge in [-0.2, -0.15) is 0 Å². The number of nitrogens with zero attached hydrogens (tertiary/aromatic N) is 2. The second kappa shape index (κ2) is 12.9. The van der Waals surface area contributed by atoms with Crippen LogP contribution in [0, 0.1) is 6.92 Å². The highest BCUT2D eigenvalue weighted by Crippen LogP contribution is 2.17. The number of carbonyl (C=O) groups is 1. The summed E-state index contributed by atoms with van der Waals surface area (Å²) in [5.41, 5.74) is 9.36. The van der Waals surface area contributed by atoms with Crippen LogP contribution >= 0.6 is 0 Å². The van der Waals surface area contributed by atoms with Gasteiger partial charge in [0.2, 0.25) is 5.91 Å². The molecule has 2 aromatic rings. The Hall–Kier alpha value is -2.35. The molecule has 0 fully saturated rings. The van der Waals surface area contributed by atoms with Crippen molar-refractivity contribution in [3.05, 3.63) is 47.8 Å². The lowest BCUT2D eigenvalue weighted by Crippen LogP contribution is -2.27. The third-order valence-corrected chi connectivity index (χ3v) is 4.07. The third kappa shape index (κ3) is 8.56. The number of rotatable bonds is 13. The van der Waals surface area contributed by atoms with E-state index in [4.69, 9.17) is 15.2 Å². The van der Waals surface area contributed by atoms with Gasteiger partial charge in [-0.1, -0.05) is 0 Å². The molecular formula is C21H30N4O3. The van der Waals surface area contributed by atoms with Gasteiger partial charge in [0.1, 0.15) is 0 Å². The zero-order chi connectivity index (χ0) is 20.0. The molecule has 0 aliphatic heterocycles. The van der Waals surface area contributed by atoms with Crippen LogP contribution in [0.15, 0.2) is 36.7 Å². The number of hydrogen-bond donors (Lipinski definition) is 2. The van der Waals surface area contributed by atoms with Gasteiger partial charge < -0.3 is 20.5 Å². The summed E-state index contributed by atoms with van der Waals surface area (Å²) in [7, 11) is 0. The van der Waals surface area contributed by atoms with Gasteiger partial charge in [0, 0.05) is 31.9 Å². The monoisotopic (exact) mass is 386 g/mol. The van der Waals surface area contributed by atoms with Gasteiger partial charge >= 0.3 is 0 Å². The highest BCUT2D eigenvalue weighted by atomic mass is 16.5. The highest BCUT2D eigenvalue weighted by molar-refractivity contribution is 5.75. The largest absolute Gasteiger partial charge is 0.378 e. The van der Waals surface area contributed by atoms with Gasteiger partial charge in [-0.3, -0.25) is 14.8 Å². The molecule has 0 aromatic carbocycles. The molecule has 0 bridgehead atoms. The van der Waals surface area contributed by atoms with Crippen molar-refractivity contribution in [2.75, 3.05) is 39.5 Å². The van der Waals surface area contributed by atoms with Crippen molar-refractivity contribution in [1.29, 1.82) is 0 Å². The summed E-state index contributed by atoms with van der Waals surface area (Å²) >= 11 is 0. The van der Waals surface area contributed by atoms with Crippen LogP contribution in [0.5, 0.6) is 0 Å². The minimum Gasteiger partial charge on any atom is -0.378 e. The standard InChI is InChI=1S/C21H30N4O3/c1-17-5-8-23-19(15-17)20-16-18(6-9-24-20)3-2-4-21(26)25-10-12-28-14-13-27-11-7-22/h5-6,8-9,15-16H,2-4,7,10-14,22H2,1H3,(H,25,26). The zero-order valence-electron chi connectivity index (χ0n) is 16.5. The maximum atomic E-state index is 11.9. The molecule has 7 heteroatoms. The van der Waals surface area contributed by atoms with E-state index in [1.165, 1.54) is 0 Å². The van der Waals surface area contributed by atoms with Gasteiger partial charge in [-0.25, -0.2) is 0 Å². The van der Waals surface area contributed by atoms with Gasteiger partial charge in [-0.05, 0) is 55.2 Å². The Morgan fingerprint density at radius 2 is 1.75 bits per heavy atom. The van der Waals surface area contributed by atoms with E-state index in [1.807, 2.05) is 31.2 Å². The minimum absolute atomic E-state index is 0.0395. The van der Waals surface area contributed by atoms with Crippen molar-refractivity contribution in [3.63, 3.8) is 0 Å². The predicted molar refractivity (Wildman–Crippen MR) is 109 cm³/mol. The van der Waals surface area contributed by atoms with Crippen LogP contribution in [-0.2, 0) is 20.7 Å². The first kappa shape index (κ1) is 21.9. The molecule has 0 atom stereocenters. The average Bonchev–Trinajstić information content (AvgIpc) is 2.70. The molecule has 0 saturated heterocycles. The molecule has 2 heterocycles. The van der Waals surface area contributed by atoms with E-state index in [2.05, 4.69) is 15.3 Å². The van der Waals surface area contributed by atoms with Gasteiger partial charge in [0.15, 0.2) is 0 Å². The molecule has 28 heavy (non-hydrogen) atoms. The highest BCUT2D eigenvalue weighted by Gasteiger charge is 2.05. The molecule has 1 amide bonds.